The van der Waals surface area contributed by atoms with Crippen molar-refractivity contribution in [1.29, 1.82) is 0 Å². The van der Waals surface area contributed by atoms with Crippen LogP contribution in [0, 0.1) is 4.77 Å². The normalized spacial score (nSPS) is 11.1. The predicted molar refractivity (Wildman–Crippen MR) is 94.2 cm³/mol. The minimum atomic E-state index is -0.235. The smallest absolute Gasteiger partial charge is 0.262 e. The molecule has 0 atom stereocenters. The summed E-state index contributed by atoms with van der Waals surface area (Å²) < 4.78 is 1.60. The van der Waals surface area contributed by atoms with E-state index in [-0.39, 0.29) is 22.8 Å². The number of H-pyrrole nitrogens is 1. The maximum atomic E-state index is 12.6. The van der Waals surface area contributed by atoms with E-state index >= 15 is 0 Å². The van der Waals surface area contributed by atoms with Crippen molar-refractivity contribution in [2.75, 3.05) is 33.7 Å². The first kappa shape index (κ1) is 17.4. The third-order valence-corrected chi connectivity index (χ3v) is 4.06. The van der Waals surface area contributed by atoms with Gasteiger partial charge in [0.25, 0.3) is 5.56 Å². The molecule has 0 aliphatic heterocycles. The summed E-state index contributed by atoms with van der Waals surface area (Å²) in [6.07, 6.45) is 0. The van der Waals surface area contributed by atoms with Crippen LogP contribution >= 0.6 is 12.2 Å². The van der Waals surface area contributed by atoms with Gasteiger partial charge in [0.2, 0.25) is 5.91 Å². The molecule has 0 saturated heterocycles. The molecule has 0 saturated carbocycles. The fraction of sp³-hybridized carbons (Fsp3) is 0.438. The molecule has 1 N–H and O–H groups in total. The van der Waals surface area contributed by atoms with Gasteiger partial charge in [0.1, 0.15) is 6.54 Å². The van der Waals surface area contributed by atoms with Gasteiger partial charge in [0.05, 0.1) is 10.9 Å². The molecule has 1 aromatic heterocycles. The van der Waals surface area contributed by atoms with Crippen LogP contribution in [0.15, 0.2) is 29.1 Å². The number of hydrogen-bond acceptors (Lipinski definition) is 4. The van der Waals surface area contributed by atoms with Crippen molar-refractivity contribution in [3.63, 3.8) is 0 Å². The average Bonchev–Trinajstić information content (AvgIpc) is 2.51. The number of para-hydroxylation sites is 1. The Morgan fingerprint density at radius 1 is 1.26 bits per heavy atom. The number of amides is 1. The van der Waals surface area contributed by atoms with E-state index in [0.29, 0.717) is 24.0 Å². The number of likely N-dealkylation sites (N-methyl/N-ethyl adjacent to an activating group) is 2. The fourth-order valence-corrected chi connectivity index (χ4v) is 2.62. The van der Waals surface area contributed by atoms with Crippen LogP contribution < -0.4 is 5.56 Å². The third kappa shape index (κ3) is 4.05. The van der Waals surface area contributed by atoms with Crippen LogP contribution in [0.5, 0.6) is 0 Å². The summed E-state index contributed by atoms with van der Waals surface area (Å²) in [4.78, 5) is 31.8. The van der Waals surface area contributed by atoms with Gasteiger partial charge in [-0.3, -0.25) is 14.2 Å². The Hall–Kier alpha value is -1.99. The molecule has 0 unspecified atom stereocenters. The highest BCUT2D eigenvalue weighted by Gasteiger charge is 2.15. The van der Waals surface area contributed by atoms with E-state index in [2.05, 4.69) is 4.98 Å². The largest absolute Gasteiger partial charge is 0.340 e. The van der Waals surface area contributed by atoms with E-state index in [9.17, 15) is 9.59 Å². The highest BCUT2D eigenvalue weighted by Crippen LogP contribution is 2.06. The molecule has 0 spiro atoms. The van der Waals surface area contributed by atoms with Gasteiger partial charge < -0.3 is 14.8 Å². The summed E-state index contributed by atoms with van der Waals surface area (Å²) in [6, 6.07) is 7.16. The molecule has 2 rings (SSSR count). The summed E-state index contributed by atoms with van der Waals surface area (Å²) in [6.45, 7) is 3.89. The molecule has 2 aromatic rings. The van der Waals surface area contributed by atoms with Crippen molar-refractivity contribution in [1.82, 2.24) is 19.4 Å². The molecular weight excluding hydrogens is 312 g/mol. The lowest BCUT2D eigenvalue weighted by atomic mass is 10.2. The van der Waals surface area contributed by atoms with E-state index < -0.39 is 0 Å². The van der Waals surface area contributed by atoms with Crippen LogP contribution in [0.25, 0.3) is 10.9 Å². The number of fused-ring (bicyclic) bond motifs is 1. The average molecular weight is 334 g/mol. The first-order chi connectivity index (χ1) is 10.9. The highest BCUT2D eigenvalue weighted by molar-refractivity contribution is 7.71. The van der Waals surface area contributed by atoms with Gasteiger partial charge in [-0.1, -0.05) is 12.1 Å². The molecule has 23 heavy (non-hydrogen) atoms. The van der Waals surface area contributed by atoms with Crippen LogP contribution in [-0.2, 0) is 11.3 Å². The third-order valence-electron chi connectivity index (χ3n) is 3.73. The van der Waals surface area contributed by atoms with E-state index in [0.717, 1.165) is 6.54 Å². The lowest BCUT2D eigenvalue weighted by molar-refractivity contribution is -0.131. The molecule has 0 aliphatic carbocycles. The molecule has 0 aliphatic rings. The molecule has 1 aromatic carbocycles. The van der Waals surface area contributed by atoms with Gasteiger partial charge in [-0.05, 0) is 45.4 Å². The Morgan fingerprint density at radius 3 is 2.61 bits per heavy atom. The molecule has 6 nitrogen and oxygen atoms in total. The number of carbonyl (C=O) groups excluding carboxylic acids is 1. The summed E-state index contributed by atoms with van der Waals surface area (Å²) in [5.41, 5.74) is 0.451. The Balaban J connectivity index is 2.29. The van der Waals surface area contributed by atoms with Crippen LogP contribution in [0.1, 0.15) is 6.92 Å². The number of carbonyl (C=O) groups is 1. The highest BCUT2D eigenvalue weighted by atomic mass is 32.1. The molecule has 0 radical (unpaired) electrons. The monoisotopic (exact) mass is 334 g/mol. The van der Waals surface area contributed by atoms with Gasteiger partial charge in [-0.15, -0.1) is 0 Å². The van der Waals surface area contributed by atoms with Gasteiger partial charge in [-0.25, -0.2) is 0 Å². The number of nitrogens with one attached hydrogen (secondary N) is 1. The van der Waals surface area contributed by atoms with Crippen molar-refractivity contribution in [2.45, 2.75) is 13.5 Å². The number of aromatic nitrogens is 2. The van der Waals surface area contributed by atoms with Crippen molar-refractivity contribution in [3.8, 4) is 0 Å². The number of hydrogen-bond donors (Lipinski definition) is 1. The lowest BCUT2D eigenvalue weighted by Crippen LogP contribution is -2.40. The minimum Gasteiger partial charge on any atom is -0.340 e. The second-order valence-corrected chi connectivity index (χ2v) is 6.03. The number of nitrogens with zero attached hydrogens (tertiary/aromatic N) is 3. The second-order valence-electron chi connectivity index (χ2n) is 5.64. The van der Waals surface area contributed by atoms with Crippen molar-refractivity contribution in [3.05, 3.63) is 39.4 Å². The molecule has 0 fully saturated rings. The summed E-state index contributed by atoms with van der Waals surface area (Å²) >= 11 is 5.24. The van der Waals surface area contributed by atoms with Crippen molar-refractivity contribution in [2.24, 2.45) is 0 Å². The molecular formula is C16H22N4O2S. The van der Waals surface area contributed by atoms with Gasteiger partial charge in [0, 0.05) is 19.6 Å². The van der Waals surface area contributed by atoms with Crippen LogP contribution in [0.4, 0.5) is 0 Å². The van der Waals surface area contributed by atoms with Gasteiger partial charge >= 0.3 is 0 Å². The van der Waals surface area contributed by atoms with Crippen molar-refractivity contribution >= 4 is 29.0 Å². The number of benzene rings is 1. The molecule has 124 valence electrons. The Kier molecular flexibility index (Phi) is 5.68. The van der Waals surface area contributed by atoms with E-state index in [4.69, 9.17) is 12.2 Å². The summed E-state index contributed by atoms with van der Waals surface area (Å²) in [5, 5.41) is 0.533. The predicted octanol–water partition coefficient (Wildman–Crippen LogP) is 1.47. The standard InChI is InChI=1S/C16H22N4O2S/c1-4-19(10-9-18(2)3)14(21)11-20-15(22)12-7-5-6-8-13(12)17-16(20)23/h5-8H,4,9-11H2,1-3H3,(H,17,23). The van der Waals surface area contributed by atoms with E-state index in [1.807, 2.05) is 32.0 Å². The summed E-state index contributed by atoms with van der Waals surface area (Å²) in [7, 11) is 3.92. The second kappa shape index (κ2) is 7.52. The first-order valence-electron chi connectivity index (χ1n) is 7.58. The Morgan fingerprint density at radius 2 is 1.96 bits per heavy atom. The van der Waals surface area contributed by atoms with Gasteiger partial charge in [-0.2, -0.15) is 0 Å². The topological polar surface area (TPSA) is 61.3 Å². The maximum absolute atomic E-state index is 12.6. The minimum absolute atomic E-state index is 0.0414. The van der Waals surface area contributed by atoms with Crippen LogP contribution in [0.3, 0.4) is 0 Å². The zero-order valence-electron chi connectivity index (χ0n) is 13.7. The molecule has 0 bridgehead atoms. The van der Waals surface area contributed by atoms with E-state index in [1.54, 1.807) is 23.1 Å². The number of rotatable bonds is 6. The SMILES string of the molecule is CCN(CCN(C)C)C(=O)Cn1c(=S)[nH]c2ccccc2c1=O. The van der Waals surface area contributed by atoms with Gasteiger partial charge in [0.15, 0.2) is 4.77 Å². The van der Waals surface area contributed by atoms with Crippen LogP contribution in [0.2, 0.25) is 0 Å². The fourth-order valence-electron chi connectivity index (χ4n) is 2.36. The zero-order chi connectivity index (χ0) is 17.0. The first-order valence-corrected chi connectivity index (χ1v) is 7.99. The van der Waals surface area contributed by atoms with Crippen LogP contribution in [-0.4, -0.2) is 59.0 Å². The maximum Gasteiger partial charge on any atom is 0.262 e. The Labute approximate surface area is 140 Å². The Bertz CT molecular complexity index is 810. The summed E-state index contributed by atoms with van der Waals surface area (Å²) in [5.74, 6) is -0.105. The number of aromatic amines is 1. The zero-order valence-corrected chi connectivity index (χ0v) is 14.5. The molecule has 7 heteroatoms. The molecule has 1 amide bonds. The quantitative estimate of drug-likeness (QED) is 0.813. The lowest BCUT2D eigenvalue weighted by Gasteiger charge is -2.23. The van der Waals surface area contributed by atoms with Crippen molar-refractivity contribution < 1.29 is 4.79 Å². The van der Waals surface area contributed by atoms with E-state index in [1.165, 1.54) is 4.57 Å². The molecule has 1 heterocycles.